The number of aryl methyl sites for hydroxylation is 1. The van der Waals surface area contributed by atoms with Gasteiger partial charge in [-0.1, -0.05) is 18.2 Å². The van der Waals surface area contributed by atoms with Gasteiger partial charge in [-0.3, -0.25) is 9.59 Å². The van der Waals surface area contributed by atoms with Crippen LogP contribution in [0.4, 0.5) is 5.69 Å². The smallest absolute Gasteiger partial charge is 0.255 e. The quantitative estimate of drug-likeness (QED) is 0.943. The first kappa shape index (κ1) is 15.3. The second-order valence-electron chi connectivity index (χ2n) is 5.85. The van der Waals surface area contributed by atoms with Crippen LogP contribution in [0, 0.1) is 6.92 Å². The molecule has 2 aromatic carbocycles. The first-order valence-electron chi connectivity index (χ1n) is 7.91. The number of carbonyl (C=O) groups excluding carboxylic acids is 2. The maximum Gasteiger partial charge on any atom is 0.255 e. The summed E-state index contributed by atoms with van der Waals surface area (Å²) in [6.45, 7) is 3.61. The van der Waals surface area contributed by atoms with Gasteiger partial charge in [0.15, 0.2) is 0 Å². The number of amides is 2. The Labute approximate surface area is 136 Å². The number of nitrogens with one attached hydrogen (secondary N) is 1. The molecular weight excluding hydrogens is 288 g/mol. The van der Waals surface area contributed by atoms with Gasteiger partial charge in [-0.15, -0.1) is 0 Å². The summed E-state index contributed by atoms with van der Waals surface area (Å²) in [5.74, 6) is -0.118. The third kappa shape index (κ3) is 3.42. The Kier molecular flexibility index (Phi) is 4.42. The number of likely N-dealkylation sites (tertiary alicyclic amines) is 1. The first-order chi connectivity index (χ1) is 11.1. The third-order valence-electron chi connectivity index (χ3n) is 4.18. The number of hydrogen-bond donors (Lipinski definition) is 1. The summed E-state index contributed by atoms with van der Waals surface area (Å²) in [6.07, 6.45) is 2.14. The van der Waals surface area contributed by atoms with Gasteiger partial charge >= 0.3 is 0 Å². The second-order valence-corrected chi connectivity index (χ2v) is 5.85. The van der Waals surface area contributed by atoms with Crippen molar-refractivity contribution in [3.05, 3.63) is 65.2 Å². The van der Waals surface area contributed by atoms with Gasteiger partial charge < -0.3 is 10.2 Å². The lowest BCUT2D eigenvalue weighted by Gasteiger charge is -2.15. The molecule has 1 aliphatic heterocycles. The lowest BCUT2D eigenvalue weighted by atomic mass is 10.1. The van der Waals surface area contributed by atoms with Crippen LogP contribution in [0.5, 0.6) is 0 Å². The number of anilines is 1. The monoisotopic (exact) mass is 308 g/mol. The van der Waals surface area contributed by atoms with Gasteiger partial charge in [0.2, 0.25) is 0 Å². The second kappa shape index (κ2) is 6.65. The van der Waals surface area contributed by atoms with Gasteiger partial charge in [0, 0.05) is 29.9 Å². The van der Waals surface area contributed by atoms with Crippen LogP contribution in [0.15, 0.2) is 48.5 Å². The predicted molar refractivity (Wildman–Crippen MR) is 90.7 cm³/mol. The number of para-hydroxylation sites is 1. The van der Waals surface area contributed by atoms with Gasteiger partial charge in [0.1, 0.15) is 0 Å². The summed E-state index contributed by atoms with van der Waals surface area (Å²) in [5, 5.41) is 2.90. The van der Waals surface area contributed by atoms with E-state index in [9.17, 15) is 9.59 Å². The number of hydrogen-bond acceptors (Lipinski definition) is 2. The van der Waals surface area contributed by atoms with E-state index >= 15 is 0 Å². The molecule has 0 bridgehead atoms. The Morgan fingerprint density at radius 3 is 2.17 bits per heavy atom. The highest BCUT2D eigenvalue weighted by atomic mass is 16.2. The van der Waals surface area contributed by atoms with Gasteiger partial charge in [-0.05, 0) is 55.7 Å². The fourth-order valence-electron chi connectivity index (χ4n) is 2.77. The van der Waals surface area contributed by atoms with Gasteiger partial charge in [0.25, 0.3) is 11.8 Å². The Morgan fingerprint density at radius 1 is 0.913 bits per heavy atom. The zero-order valence-electron chi connectivity index (χ0n) is 13.2. The van der Waals surface area contributed by atoms with Crippen molar-refractivity contribution in [1.82, 2.24) is 4.90 Å². The van der Waals surface area contributed by atoms with E-state index in [-0.39, 0.29) is 11.8 Å². The minimum Gasteiger partial charge on any atom is -0.339 e. The Bertz CT molecular complexity index is 716. The summed E-state index contributed by atoms with van der Waals surface area (Å²) in [4.78, 5) is 26.4. The Balaban J connectivity index is 1.70. The van der Waals surface area contributed by atoms with E-state index in [4.69, 9.17) is 0 Å². The highest BCUT2D eigenvalue weighted by Gasteiger charge is 2.19. The molecule has 4 heteroatoms. The molecule has 4 nitrogen and oxygen atoms in total. The van der Waals surface area contributed by atoms with E-state index in [1.54, 1.807) is 24.3 Å². The van der Waals surface area contributed by atoms with Crippen LogP contribution in [-0.4, -0.2) is 29.8 Å². The van der Waals surface area contributed by atoms with Crippen molar-refractivity contribution in [2.45, 2.75) is 19.8 Å². The summed E-state index contributed by atoms with van der Waals surface area (Å²) in [5.41, 5.74) is 3.00. The Morgan fingerprint density at radius 2 is 1.52 bits per heavy atom. The van der Waals surface area contributed by atoms with Crippen molar-refractivity contribution < 1.29 is 9.59 Å². The van der Waals surface area contributed by atoms with Crippen LogP contribution in [-0.2, 0) is 0 Å². The molecule has 0 atom stereocenters. The molecule has 0 radical (unpaired) electrons. The molecule has 2 aromatic rings. The van der Waals surface area contributed by atoms with Crippen LogP contribution in [0.3, 0.4) is 0 Å². The summed E-state index contributed by atoms with van der Waals surface area (Å²) < 4.78 is 0. The molecule has 1 N–H and O–H groups in total. The first-order valence-corrected chi connectivity index (χ1v) is 7.91. The zero-order chi connectivity index (χ0) is 16.2. The molecule has 0 saturated carbocycles. The van der Waals surface area contributed by atoms with E-state index < -0.39 is 0 Å². The molecule has 0 unspecified atom stereocenters. The van der Waals surface area contributed by atoms with Gasteiger partial charge in [0.05, 0.1) is 0 Å². The average molecular weight is 308 g/mol. The molecule has 1 saturated heterocycles. The maximum absolute atomic E-state index is 12.3. The fourth-order valence-corrected chi connectivity index (χ4v) is 2.77. The topological polar surface area (TPSA) is 49.4 Å². The molecule has 2 amide bonds. The zero-order valence-corrected chi connectivity index (χ0v) is 13.2. The number of benzene rings is 2. The molecule has 3 rings (SSSR count). The molecule has 1 fully saturated rings. The van der Waals surface area contributed by atoms with E-state index in [0.29, 0.717) is 11.1 Å². The van der Waals surface area contributed by atoms with Crippen molar-refractivity contribution >= 4 is 17.5 Å². The van der Waals surface area contributed by atoms with Crippen molar-refractivity contribution in [2.75, 3.05) is 18.4 Å². The Hall–Kier alpha value is -2.62. The molecule has 118 valence electrons. The van der Waals surface area contributed by atoms with E-state index in [1.165, 1.54) is 0 Å². The van der Waals surface area contributed by atoms with Crippen LogP contribution >= 0.6 is 0 Å². The number of nitrogens with zero attached hydrogens (tertiary/aromatic N) is 1. The van der Waals surface area contributed by atoms with Crippen LogP contribution in [0.25, 0.3) is 0 Å². The van der Waals surface area contributed by atoms with Crippen molar-refractivity contribution in [3.8, 4) is 0 Å². The standard InChI is InChI=1S/C19H20N2O2/c1-14-6-2-3-7-17(14)20-18(22)15-8-10-16(11-9-15)19(23)21-12-4-5-13-21/h2-3,6-11H,4-5,12-13H2,1H3,(H,20,22). The lowest BCUT2D eigenvalue weighted by Crippen LogP contribution is -2.27. The number of rotatable bonds is 3. The van der Waals surface area contributed by atoms with Crippen LogP contribution < -0.4 is 5.32 Å². The molecule has 23 heavy (non-hydrogen) atoms. The highest BCUT2D eigenvalue weighted by Crippen LogP contribution is 2.16. The van der Waals surface area contributed by atoms with Gasteiger partial charge in [-0.25, -0.2) is 0 Å². The SMILES string of the molecule is Cc1ccccc1NC(=O)c1ccc(C(=O)N2CCCC2)cc1. The largest absolute Gasteiger partial charge is 0.339 e. The fraction of sp³-hybridized carbons (Fsp3) is 0.263. The summed E-state index contributed by atoms with van der Waals surface area (Å²) in [7, 11) is 0. The normalized spacial score (nSPS) is 13.9. The summed E-state index contributed by atoms with van der Waals surface area (Å²) in [6, 6.07) is 14.5. The van der Waals surface area contributed by atoms with Crippen molar-refractivity contribution in [3.63, 3.8) is 0 Å². The van der Waals surface area contributed by atoms with Crippen LogP contribution in [0.1, 0.15) is 39.1 Å². The minimum absolute atomic E-state index is 0.0494. The maximum atomic E-state index is 12.3. The van der Waals surface area contributed by atoms with E-state index in [2.05, 4.69) is 5.32 Å². The van der Waals surface area contributed by atoms with Gasteiger partial charge in [-0.2, -0.15) is 0 Å². The molecule has 0 spiro atoms. The van der Waals surface area contributed by atoms with Crippen molar-refractivity contribution in [2.24, 2.45) is 0 Å². The molecule has 1 heterocycles. The average Bonchev–Trinajstić information content (AvgIpc) is 3.11. The highest BCUT2D eigenvalue weighted by molar-refractivity contribution is 6.05. The lowest BCUT2D eigenvalue weighted by molar-refractivity contribution is 0.0792. The number of carbonyl (C=O) groups is 2. The van der Waals surface area contributed by atoms with Crippen LogP contribution in [0.2, 0.25) is 0 Å². The predicted octanol–water partition coefficient (Wildman–Crippen LogP) is 3.48. The van der Waals surface area contributed by atoms with E-state index in [0.717, 1.165) is 37.2 Å². The third-order valence-corrected chi connectivity index (χ3v) is 4.18. The molecular formula is C19H20N2O2. The minimum atomic E-state index is -0.167. The molecule has 0 aromatic heterocycles. The molecule has 0 aliphatic carbocycles. The van der Waals surface area contributed by atoms with Crippen molar-refractivity contribution in [1.29, 1.82) is 0 Å². The summed E-state index contributed by atoms with van der Waals surface area (Å²) >= 11 is 0. The molecule has 1 aliphatic rings. The van der Waals surface area contributed by atoms with E-state index in [1.807, 2.05) is 36.1 Å².